The molecule has 0 radical (unpaired) electrons. The monoisotopic (exact) mass is 363 g/mol. The van der Waals surface area contributed by atoms with Crippen LogP contribution in [0, 0.1) is 6.92 Å². The van der Waals surface area contributed by atoms with Gasteiger partial charge in [-0.15, -0.1) is 0 Å². The molecule has 1 saturated heterocycles. The van der Waals surface area contributed by atoms with Crippen LogP contribution in [0.3, 0.4) is 0 Å². The van der Waals surface area contributed by atoms with Gasteiger partial charge >= 0.3 is 0 Å². The molecule has 1 spiro atoms. The molecule has 0 saturated carbocycles. The van der Waals surface area contributed by atoms with Crippen molar-refractivity contribution >= 4 is 10.9 Å². The number of hydrogen-bond donors (Lipinski definition) is 0. The topological polar surface area (TPSA) is 66.2 Å². The van der Waals surface area contributed by atoms with E-state index in [1.807, 2.05) is 43.3 Å². The number of aromatic nitrogens is 3. The van der Waals surface area contributed by atoms with Crippen LogP contribution in [0.2, 0.25) is 0 Å². The van der Waals surface area contributed by atoms with E-state index in [0.29, 0.717) is 38.0 Å². The Hall–Kier alpha value is -2.57. The SMILES string of the molecule is Cc1cccc(-c2ccc3c(=O)n4c(nc3c2)CCC2(CC4)OCCO2)n1. The maximum absolute atomic E-state index is 13.1. The Morgan fingerprint density at radius 1 is 1.07 bits per heavy atom. The van der Waals surface area contributed by atoms with Gasteiger partial charge < -0.3 is 9.47 Å². The Bertz CT molecular complexity index is 1080. The summed E-state index contributed by atoms with van der Waals surface area (Å²) in [4.78, 5) is 22.5. The molecule has 0 bridgehead atoms. The number of fused-ring (bicyclic) bond motifs is 2. The van der Waals surface area contributed by atoms with Crippen LogP contribution in [0.4, 0.5) is 0 Å². The average molecular weight is 363 g/mol. The van der Waals surface area contributed by atoms with Crippen molar-refractivity contribution in [2.75, 3.05) is 13.2 Å². The zero-order chi connectivity index (χ0) is 18.4. The van der Waals surface area contributed by atoms with Gasteiger partial charge in [0.2, 0.25) is 0 Å². The smallest absolute Gasteiger partial charge is 0.261 e. The fourth-order valence-corrected chi connectivity index (χ4v) is 4.05. The highest BCUT2D eigenvalue weighted by Gasteiger charge is 2.38. The molecule has 6 heteroatoms. The van der Waals surface area contributed by atoms with Gasteiger partial charge in [0.05, 0.1) is 29.8 Å². The lowest BCUT2D eigenvalue weighted by Gasteiger charge is -2.24. The van der Waals surface area contributed by atoms with Gasteiger partial charge in [0, 0.05) is 37.1 Å². The summed E-state index contributed by atoms with van der Waals surface area (Å²) in [5.74, 6) is 0.251. The molecule has 5 rings (SSSR count). The van der Waals surface area contributed by atoms with E-state index in [9.17, 15) is 4.79 Å². The predicted molar refractivity (Wildman–Crippen MR) is 102 cm³/mol. The molecular formula is C21H21N3O3. The molecule has 0 amide bonds. The number of nitrogens with zero attached hydrogens (tertiary/aromatic N) is 3. The molecule has 4 heterocycles. The maximum Gasteiger partial charge on any atom is 0.261 e. The van der Waals surface area contributed by atoms with E-state index in [2.05, 4.69) is 4.98 Å². The normalized spacial score (nSPS) is 18.6. The largest absolute Gasteiger partial charge is 0.347 e. The lowest BCUT2D eigenvalue weighted by atomic mass is 10.1. The first-order valence-electron chi connectivity index (χ1n) is 9.39. The summed E-state index contributed by atoms with van der Waals surface area (Å²) in [6, 6.07) is 11.7. The van der Waals surface area contributed by atoms with E-state index in [-0.39, 0.29) is 5.56 Å². The molecule has 138 valence electrons. The van der Waals surface area contributed by atoms with Crippen LogP contribution in [0.25, 0.3) is 22.2 Å². The summed E-state index contributed by atoms with van der Waals surface area (Å²) in [5.41, 5.74) is 3.55. The summed E-state index contributed by atoms with van der Waals surface area (Å²) in [5, 5.41) is 0.638. The van der Waals surface area contributed by atoms with E-state index in [1.54, 1.807) is 4.57 Å². The fourth-order valence-electron chi connectivity index (χ4n) is 4.05. The molecule has 0 atom stereocenters. The maximum atomic E-state index is 13.1. The summed E-state index contributed by atoms with van der Waals surface area (Å²) in [7, 11) is 0. The predicted octanol–water partition coefficient (Wildman–Crippen LogP) is 2.85. The number of benzene rings is 1. The summed E-state index contributed by atoms with van der Waals surface area (Å²) in [6.07, 6.45) is 2.07. The van der Waals surface area contributed by atoms with Gasteiger partial charge in [-0.25, -0.2) is 4.98 Å². The van der Waals surface area contributed by atoms with Crippen LogP contribution < -0.4 is 5.56 Å². The molecule has 1 aromatic carbocycles. The molecule has 27 heavy (non-hydrogen) atoms. The summed E-state index contributed by atoms with van der Waals surface area (Å²) < 4.78 is 13.5. The quantitative estimate of drug-likeness (QED) is 0.665. The second kappa shape index (κ2) is 6.25. The van der Waals surface area contributed by atoms with Gasteiger partial charge in [0.15, 0.2) is 5.79 Å². The van der Waals surface area contributed by atoms with Crippen molar-refractivity contribution in [3.05, 3.63) is 58.3 Å². The lowest BCUT2D eigenvalue weighted by molar-refractivity contribution is -0.165. The third-order valence-electron chi connectivity index (χ3n) is 5.48. The van der Waals surface area contributed by atoms with Crippen molar-refractivity contribution in [1.29, 1.82) is 0 Å². The second-order valence-electron chi connectivity index (χ2n) is 7.24. The van der Waals surface area contributed by atoms with Gasteiger partial charge in [-0.1, -0.05) is 12.1 Å². The molecule has 3 aromatic rings. The Morgan fingerprint density at radius 2 is 1.93 bits per heavy atom. The van der Waals surface area contributed by atoms with E-state index in [0.717, 1.165) is 34.7 Å². The van der Waals surface area contributed by atoms with Crippen LogP contribution in [-0.4, -0.2) is 33.5 Å². The molecular weight excluding hydrogens is 342 g/mol. The third kappa shape index (κ3) is 2.85. The van der Waals surface area contributed by atoms with Crippen molar-refractivity contribution in [2.24, 2.45) is 0 Å². The summed E-state index contributed by atoms with van der Waals surface area (Å²) >= 11 is 0. The molecule has 6 nitrogen and oxygen atoms in total. The van der Waals surface area contributed by atoms with Gasteiger partial charge in [0.1, 0.15) is 5.82 Å². The number of hydrogen-bond acceptors (Lipinski definition) is 5. The zero-order valence-electron chi connectivity index (χ0n) is 15.3. The number of ether oxygens (including phenoxy) is 2. The Kier molecular flexibility index (Phi) is 3.84. The molecule has 2 aliphatic rings. The van der Waals surface area contributed by atoms with Crippen LogP contribution in [-0.2, 0) is 22.4 Å². The van der Waals surface area contributed by atoms with E-state index < -0.39 is 5.79 Å². The van der Waals surface area contributed by atoms with Gasteiger partial charge in [-0.05, 0) is 31.2 Å². The van der Waals surface area contributed by atoms with Crippen LogP contribution in [0.15, 0.2) is 41.2 Å². The van der Waals surface area contributed by atoms with Crippen molar-refractivity contribution in [3.63, 3.8) is 0 Å². The Balaban J connectivity index is 1.59. The van der Waals surface area contributed by atoms with E-state index in [1.165, 1.54) is 0 Å². The standard InChI is InChI=1S/C21H21N3O3/c1-14-3-2-4-17(22-14)15-5-6-16-18(13-15)23-19-7-8-21(26-11-12-27-21)9-10-24(19)20(16)25/h2-6,13H,7-12H2,1H3. The Labute approximate surface area is 156 Å². The molecule has 1 fully saturated rings. The highest BCUT2D eigenvalue weighted by atomic mass is 16.7. The lowest BCUT2D eigenvalue weighted by Crippen LogP contribution is -2.31. The van der Waals surface area contributed by atoms with Crippen LogP contribution in [0.1, 0.15) is 24.4 Å². The van der Waals surface area contributed by atoms with Gasteiger partial charge in [-0.3, -0.25) is 14.3 Å². The first-order valence-corrected chi connectivity index (χ1v) is 9.39. The first kappa shape index (κ1) is 16.6. The third-order valence-corrected chi connectivity index (χ3v) is 5.48. The molecule has 0 N–H and O–H groups in total. The van der Waals surface area contributed by atoms with E-state index >= 15 is 0 Å². The number of pyridine rings is 1. The van der Waals surface area contributed by atoms with E-state index in [4.69, 9.17) is 14.5 Å². The zero-order valence-corrected chi connectivity index (χ0v) is 15.3. The number of aryl methyl sites for hydroxylation is 2. The Morgan fingerprint density at radius 3 is 2.74 bits per heavy atom. The van der Waals surface area contributed by atoms with Gasteiger partial charge in [0.25, 0.3) is 5.56 Å². The fraction of sp³-hybridized carbons (Fsp3) is 0.381. The van der Waals surface area contributed by atoms with Crippen LogP contribution >= 0.6 is 0 Å². The van der Waals surface area contributed by atoms with Crippen molar-refractivity contribution < 1.29 is 9.47 Å². The molecule has 0 aliphatic carbocycles. The minimum absolute atomic E-state index is 0.00815. The van der Waals surface area contributed by atoms with Crippen molar-refractivity contribution in [2.45, 2.75) is 38.5 Å². The second-order valence-corrected chi connectivity index (χ2v) is 7.24. The number of rotatable bonds is 1. The highest BCUT2D eigenvalue weighted by Crippen LogP contribution is 2.32. The van der Waals surface area contributed by atoms with Crippen LogP contribution in [0.5, 0.6) is 0 Å². The highest BCUT2D eigenvalue weighted by molar-refractivity contribution is 5.83. The summed E-state index contributed by atoms with van der Waals surface area (Å²) in [6.45, 7) is 3.78. The minimum Gasteiger partial charge on any atom is -0.347 e. The molecule has 0 unspecified atom stereocenters. The minimum atomic E-state index is -0.553. The molecule has 2 aliphatic heterocycles. The van der Waals surface area contributed by atoms with Crippen molar-refractivity contribution in [3.8, 4) is 11.3 Å². The first-order chi connectivity index (χ1) is 13.1. The van der Waals surface area contributed by atoms with Crippen molar-refractivity contribution in [1.82, 2.24) is 14.5 Å². The van der Waals surface area contributed by atoms with Gasteiger partial charge in [-0.2, -0.15) is 0 Å². The average Bonchev–Trinajstić information content (AvgIpc) is 3.06. The molecule has 2 aromatic heterocycles.